The Morgan fingerprint density at radius 2 is 1.32 bits per heavy atom. The summed E-state index contributed by atoms with van der Waals surface area (Å²) in [4.78, 5) is 0. The van der Waals surface area contributed by atoms with Crippen LogP contribution >= 0.6 is 0 Å². The minimum atomic E-state index is 0.521. The predicted octanol–water partition coefficient (Wildman–Crippen LogP) is 5.84. The van der Waals surface area contributed by atoms with Crippen LogP contribution in [0.25, 0.3) is 0 Å². The van der Waals surface area contributed by atoms with Crippen LogP contribution in [-0.4, -0.2) is 25.3 Å². The van der Waals surface area contributed by atoms with Gasteiger partial charge in [0, 0.05) is 19.2 Å². The van der Waals surface area contributed by atoms with Gasteiger partial charge in [-0.05, 0) is 25.7 Å². The maximum Gasteiger partial charge on any atom is 0.0601 e. The molecule has 1 saturated carbocycles. The summed E-state index contributed by atoms with van der Waals surface area (Å²) in [6.07, 6.45) is 19.8. The lowest BCUT2D eigenvalue weighted by Gasteiger charge is -2.37. The van der Waals surface area contributed by atoms with Crippen molar-refractivity contribution in [1.29, 1.82) is 0 Å². The zero-order chi connectivity index (χ0) is 16.0. The first-order chi connectivity index (χ1) is 10.8. The standard InChI is InChI=1S/C20H41NO/c1-4-6-8-10-12-14-18(15-13-11-9-7-5-2)21-19-16-20(17-19)22-3/h18-21H,4-17H2,1-3H3/t19-,20-. The Bertz CT molecular complexity index is 224. The highest BCUT2D eigenvalue weighted by molar-refractivity contribution is 4.88. The normalized spacial score (nSPS) is 21.3. The van der Waals surface area contributed by atoms with E-state index in [1.54, 1.807) is 0 Å². The van der Waals surface area contributed by atoms with Crippen molar-refractivity contribution in [3.8, 4) is 0 Å². The molecule has 22 heavy (non-hydrogen) atoms. The molecule has 1 fully saturated rings. The van der Waals surface area contributed by atoms with Crippen molar-refractivity contribution in [2.45, 2.75) is 122 Å². The lowest BCUT2D eigenvalue weighted by molar-refractivity contribution is 0.0134. The van der Waals surface area contributed by atoms with E-state index in [4.69, 9.17) is 4.74 Å². The monoisotopic (exact) mass is 311 g/mol. The molecule has 2 nitrogen and oxygen atoms in total. The van der Waals surface area contributed by atoms with E-state index in [0.29, 0.717) is 6.10 Å². The van der Waals surface area contributed by atoms with Gasteiger partial charge in [-0.3, -0.25) is 0 Å². The first kappa shape index (κ1) is 20.0. The zero-order valence-corrected chi connectivity index (χ0v) is 15.5. The topological polar surface area (TPSA) is 21.3 Å². The van der Waals surface area contributed by atoms with Gasteiger partial charge in [-0.15, -0.1) is 0 Å². The van der Waals surface area contributed by atoms with Gasteiger partial charge < -0.3 is 10.1 Å². The minimum Gasteiger partial charge on any atom is -0.381 e. The molecule has 0 spiro atoms. The van der Waals surface area contributed by atoms with Crippen molar-refractivity contribution in [3.05, 3.63) is 0 Å². The van der Waals surface area contributed by atoms with Crippen LogP contribution in [-0.2, 0) is 4.74 Å². The van der Waals surface area contributed by atoms with Gasteiger partial charge in [0.25, 0.3) is 0 Å². The van der Waals surface area contributed by atoms with Gasteiger partial charge >= 0.3 is 0 Å². The second kappa shape index (κ2) is 13.4. The Labute approximate surface area is 139 Å². The van der Waals surface area contributed by atoms with Crippen LogP contribution in [0.2, 0.25) is 0 Å². The molecule has 0 aliphatic heterocycles. The van der Waals surface area contributed by atoms with Gasteiger partial charge in [-0.2, -0.15) is 0 Å². The summed E-state index contributed by atoms with van der Waals surface area (Å²) in [5, 5.41) is 3.92. The Kier molecular flexibility index (Phi) is 12.1. The lowest BCUT2D eigenvalue weighted by Crippen LogP contribution is -2.49. The largest absolute Gasteiger partial charge is 0.381 e. The second-order valence-electron chi connectivity index (χ2n) is 7.30. The van der Waals surface area contributed by atoms with Crippen molar-refractivity contribution in [2.24, 2.45) is 0 Å². The summed E-state index contributed by atoms with van der Waals surface area (Å²) in [7, 11) is 1.85. The van der Waals surface area contributed by atoms with Crippen molar-refractivity contribution in [2.75, 3.05) is 7.11 Å². The number of nitrogens with one attached hydrogen (secondary N) is 1. The molecule has 0 atom stereocenters. The second-order valence-corrected chi connectivity index (χ2v) is 7.30. The van der Waals surface area contributed by atoms with Gasteiger partial charge in [0.1, 0.15) is 0 Å². The molecule has 1 rings (SSSR count). The third-order valence-electron chi connectivity index (χ3n) is 5.21. The average molecular weight is 312 g/mol. The van der Waals surface area contributed by atoms with E-state index in [9.17, 15) is 0 Å². The van der Waals surface area contributed by atoms with E-state index in [1.807, 2.05) is 7.11 Å². The summed E-state index contributed by atoms with van der Waals surface area (Å²) in [5.74, 6) is 0. The molecule has 2 heteroatoms. The molecule has 0 unspecified atom stereocenters. The Morgan fingerprint density at radius 3 is 1.77 bits per heavy atom. The maximum atomic E-state index is 5.41. The van der Waals surface area contributed by atoms with Crippen LogP contribution in [0.15, 0.2) is 0 Å². The van der Waals surface area contributed by atoms with E-state index in [1.165, 1.54) is 89.9 Å². The summed E-state index contributed by atoms with van der Waals surface area (Å²) >= 11 is 0. The minimum absolute atomic E-state index is 0.521. The molecule has 0 aromatic heterocycles. The SMILES string of the molecule is CCCCCCCC(CCCCCCC)N[C@H]1C[C@H](OC)C1. The molecular weight excluding hydrogens is 270 g/mol. The van der Waals surface area contributed by atoms with Gasteiger partial charge in [0.05, 0.1) is 6.10 Å². The molecule has 0 radical (unpaired) electrons. The van der Waals surface area contributed by atoms with Crippen molar-refractivity contribution in [3.63, 3.8) is 0 Å². The van der Waals surface area contributed by atoms with Gasteiger partial charge in [0.15, 0.2) is 0 Å². The highest BCUT2D eigenvalue weighted by Gasteiger charge is 2.30. The van der Waals surface area contributed by atoms with E-state index in [2.05, 4.69) is 19.2 Å². The highest BCUT2D eigenvalue weighted by atomic mass is 16.5. The predicted molar refractivity (Wildman–Crippen MR) is 97.5 cm³/mol. The molecule has 0 heterocycles. The number of ether oxygens (including phenoxy) is 1. The fraction of sp³-hybridized carbons (Fsp3) is 1.00. The van der Waals surface area contributed by atoms with E-state index in [-0.39, 0.29) is 0 Å². The zero-order valence-electron chi connectivity index (χ0n) is 15.5. The number of rotatable bonds is 15. The van der Waals surface area contributed by atoms with Crippen LogP contribution in [0.5, 0.6) is 0 Å². The Morgan fingerprint density at radius 1 is 0.818 bits per heavy atom. The van der Waals surface area contributed by atoms with E-state index >= 15 is 0 Å². The smallest absolute Gasteiger partial charge is 0.0601 e. The fourth-order valence-electron chi connectivity index (χ4n) is 3.53. The Balaban J connectivity index is 2.14. The van der Waals surface area contributed by atoms with Crippen LogP contribution in [0, 0.1) is 0 Å². The summed E-state index contributed by atoms with van der Waals surface area (Å²) in [6, 6.07) is 1.48. The summed E-state index contributed by atoms with van der Waals surface area (Å²) in [6.45, 7) is 4.59. The summed E-state index contributed by atoms with van der Waals surface area (Å²) in [5.41, 5.74) is 0. The third-order valence-corrected chi connectivity index (χ3v) is 5.21. The van der Waals surface area contributed by atoms with Crippen molar-refractivity contribution in [1.82, 2.24) is 5.32 Å². The van der Waals surface area contributed by atoms with Crippen LogP contribution in [0.1, 0.15) is 104 Å². The molecule has 1 aliphatic rings. The number of methoxy groups -OCH3 is 1. The molecule has 132 valence electrons. The average Bonchev–Trinajstić information content (AvgIpc) is 2.49. The number of hydrogen-bond acceptors (Lipinski definition) is 2. The van der Waals surface area contributed by atoms with Gasteiger partial charge in [-0.1, -0.05) is 78.1 Å². The maximum absolute atomic E-state index is 5.41. The highest BCUT2D eigenvalue weighted by Crippen LogP contribution is 2.24. The number of unbranched alkanes of at least 4 members (excludes halogenated alkanes) is 8. The van der Waals surface area contributed by atoms with Crippen LogP contribution in [0.3, 0.4) is 0 Å². The molecule has 0 amide bonds. The Hall–Kier alpha value is -0.0800. The van der Waals surface area contributed by atoms with Crippen LogP contribution in [0.4, 0.5) is 0 Å². The van der Waals surface area contributed by atoms with Crippen molar-refractivity contribution >= 4 is 0 Å². The first-order valence-corrected chi connectivity index (χ1v) is 10.1. The third kappa shape index (κ3) is 9.15. The van der Waals surface area contributed by atoms with Gasteiger partial charge in [0.2, 0.25) is 0 Å². The molecule has 1 aliphatic carbocycles. The van der Waals surface area contributed by atoms with Crippen LogP contribution < -0.4 is 5.32 Å². The first-order valence-electron chi connectivity index (χ1n) is 10.1. The van der Waals surface area contributed by atoms with Crippen molar-refractivity contribution < 1.29 is 4.74 Å². The fourth-order valence-corrected chi connectivity index (χ4v) is 3.53. The van der Waals surface area contributed by atoms with E-state index in [0.717, 1.165) is 12.1 Å². The molecular formula is C20H41NO. The molecule has 0 bridgehead atoms. The van der Waals surface area contributed by atoms with Gasteiger partial charge in [-0.25, -0.2) is 0 Å². The quantitative estimate of drug-likeness (QED) is 0.383. The molecule has 1 N–H and O–H groups in total. The lowest BCUT2D eigenvalue weighted by atomic mass is 9.87. The molecule has 0 aromatic carbocycles. The molecule has 0 saturated heterocycles. The summed E-state index contributed by atoms with van der Waals surface area (Å²) < 4.78 is 5.41. The number of hydrogen-bond donors (Lipinski definition) is 1. The molecule has 0 aromatic rings. The van der Waals surface area contributed by atoms with E-state index < -0.39 is 0 Å².